The van der Waals surface area contributed by atoms with Crippen LogP contribution in [0.4, 0.5) is 0 Å². The van der Waals surface area contributed by atoms with Crippen LogP contribution >= 0.6 is 11.8 Å². The van der Waals surface area contributed by atoms with Crippen molar-refractivity contribution in [1.29, 1.82) is 0 Å². The highest BCUT2D eigenvalue weighted by Crippen LogP contribution is 2.30. The number of amides is 2. The molecule has 1 aromatic carbocycles. The van der Waals surface area contributed by atoms with E-state index >= 15 is 0 Å². The van der Waals surface area contributed by atoms with Gasteiger partial charge in [-0.05, 0) is 42.2 Å². The zero-order valence-electron chi connectivity index (χ0n) is 16.2. The quantitative estimate of drug-likeness (QED) is 0.797. The van der Waals surface area contributed by atoms with E-state index in [4.69, 9.17) is 0 Å². The fourth-order valence-corrected chi connectivity index (χ4v) is 4.67. The highest BCUT2D eigenvalue weighted by Gasteiger charge is 2.29. The van der Waals surface area contributed by atoms with Crippen molar-refractivity contribution < 1.29 is 9.59 Å². The Hall–Kier alpha value is -1.49. The second kappa shape index (κ2) is 8.03. The lowest BCUT2D eigenvalue weighted by Crippen LogP contribution is -2.42. The number of rotatable bonds is 2. The van der Waals surface area contributed by atoms with E-state index in [1.165, 1.54) is 22.6 Å². The average molecular weight is 375 g/mol. The summed E-state index contributed by atoms with van der Waals surface area (Å²) in [6, 6.07) is 6.49. The third-order valence-electron chi connectivity index (χ3n) is 5.11. The molecule has 0 aromatic heterocycles. The van der Waals surface area contributed by atoms with E-state index in [0.717, 1.165) is 31.5 Å². The number of nitrogens with zero attached hydrogens (tertiary/aromatic N) is 2. The van der Waals surface area contributed by atoms with Gasteiger partial charge in [-0.15, -0.1) is 11.8 Å². The number of hydrogen-bond acceptors (Lipinski definition) is 3. The second-order valence-electron chi connectivity index (χ2n) is 8.35. The predicted molar refractivity (Wildman–Crippen MR) is 106 cm³/mol. The summed E-state index contributed by atoms with van der Waals surface area (Å²) in [6.07, 6.45) is 3.66. The van der Waals surface area contributed by atoms with Crippen LogP contribution in [0.3, 0.4) is 0 Å². The molecule has 0 radical (unpaired) electrons. The zero-order chi connectivity index (χ0) is 18.7. The number of thioether (sulfide) groups is 1. The summed E-state index contributed by atoms with van der Waals surface area (Å²) in [5, 5.41) is 0. The normalized spacial score (nSPS) is 18.3. The number of carbonyl (C=O) groups excluding carboxylic acids is 2. The van der Waals surface area contributed by atoms with Crippen molar-refractivity contribution >= 4 is 23.6 Å². The van der Waals surface area contributed by atoms with Gasteiger partial charge in [0, 0.05) is 36.5 Å². The molecule has 0 N–H and O–H groups in total. The SMILES string of the molecule is CC(C)(C)C(=O)N1CCCN(C(=O)Cc2ccc3c(c2)CCCS3)CC1. The van der Waals surface area contributed by atoms with Crippen molar-refractivity contribution in [3.63, 3.8) is 0 Å². The van der Waals surface area contributed by atoms with Gasteiger partial charge in [0.25, 0.3) is 0 Å². The smallest absolute Gasteiger partial charge is 0.228 e. The van der Waals surface area contributed by atoms with Gasteiger partial charge in [-0.25, -0.2) is 0 Å². The molecule has 1 fully saturated rings. The van der Waals surface area contributed by atoms with Crippen LogP contribution in [0, 0.1) is 5.41 Å². The molecule has 2 aliphatic rings. The Bertz CT molecular complexity index is 681. The maximum absolute atomic E-state index is 12.8. The van der Waals surface area contributed by atoms with Crippen LogP contribution in [-0.2, 0) is 22.4 Å². The maximum atomic E-state index is 12.8. The molecule has 0 aliphatic carbocycles. The Morgan fingerprint density at radius 3 is 2.54 bits per heavy atom. The van der Waals surface area contributed by atoms with Crippen LogP contribution in [0.5, 0.6) is 0 Å². The van der Waals surface area contributed by atoms with E-state index in [0.29, 0.717) is 19.5 Å². The fraction of sp³-hybridized carbons (Fsp3) is 0.619. The topological polar surface area (TPSA) is 40.6 Å². The van der Waals surface area contributed by atoms with Crippen molar-refractivity contribution in [2.24, 2.45) is 5.41 Å². The number of fused-ring (bicyclic) bond motifs is 1. The van der Waals surface area contributed by atoms with E-state index in [1.54, 1.807) is 0 Å². The van der Waals surface area contributed by atoms with Crippen LogP contribution in [0.2, 0.25) is 0 Å². The molecule has 5 heteroatoms. The minimum absolute atomic E-state index is 0.179. The van der Waals surface area contributed by atoms with E-state index in [9.17, 15) is 9.59 Å². The van der Waals surface area contributed by atoms with Crippen molar-refractivity contribution in [2.75, 3.05) is 31.9 Å². The van der Waals surface area contributed by atoms with Crippen molar-refractivity contribution in [2.45, 2.75) is 51.3 Å². The van der Waals surface area contributed by atoms with Gasteiger partial charge < -0.3 is 9.80 Å². The molecule has 2 aliphatic heterocycles. The van der Waals surface area contributed by atoms with Gasteiger partial charge in [-0.1, -0.05) is 32.9 Å². The highest BCUT2D eigenvalue weighted by molar-refractivity contribution is 7.99. The monoisotopic (exact) mass is 374 g/mol. The fourth-order valence-electron chi connectivity index (χ4n) is 3.65. The third kappa shape index (κ3) is 4.61. The van der Waals surface area contributed by atoms with Crippen LogP contribution in [-0.4, -0.2) is 53.5 Å². The van der Waals surface area contributed by atoms with Gasteiger partial charge >= 0.3 is 0 Å². The van der Waals surface area contributed by atoms with Crippen LogP contribution in [0.25, 0.3) is 0 Å². The van der Waals surface area contributed by atoms with Gasteiger partial charge in [0.1, 0.15) is 0 Å². The molecular weight excluding hydrogens is 344 g/mol. The number of carbonyl (C=O) groups is 2. The molecule has 2 amide bonds. The molecule has 0 spiro atoms. The Labute approximate surface area is 161 Å². The van der Waals surface area contributed by atoms with E-state index in [1.807, 2.05) is 42.3 Å². The summed E-state index contributed by atoms with van der Waals surface area (Å²) in [4.78, 5) is 30.5. The molecule has 3 rings (SSSR count). The molecule has 2 heterocycles. The summed E-state index contributed by atoms with van der Waals surface area (Å²) < 4.78 is 0. The zero-order valence-corrected chi connectivity index (χ0v) is 17.0. The van der Waals surface area contributed by atoms with Gasteiger partial charge in [-0.3, -0.25) is 9.59 Å². The van der Waals surface area contributed by atoms with Crippen molar-refractivity contribution in [1.82, 2.24) is 9.80 Å². The van der Waals surface area contributed by atoms with Crippen LogP contribution < -0.4 is 0 Å². The Balaban J connectivity index is 1.59. The highest BCUT2D eigenvalue weighted by atomic mass is 32.2. The number of benzene rings is 1. The summed E-state index contributed by atoms with van der Waals surface area (Å²) in [7, 11) is 0. The standard InChI is InChI=1S/C21H30N2O2S/c1-21(2,3)20(25)23-10-5-9-22(11-12-23)19(24)15-16-7-8-18-17(14-16)6-4-13-26-18/h7-8,14H,4-6,9-13,15H2,1-3H3. The Kier molecular flexibility index (Phi) is 5.96. The van der Waals surface area contributed by atoms with Gasteiger partial charge in [0.15, 0.2) is 0 Å². The Morgan fingerprint density at radius 2 is 1.77 bits per heavy atom. The average Bonchev–Trinajstić information content (AvgIpc) is 2.86. The molecular formula is C21H30N2O2S. The molecule has 1 aromatic rings. The van der Waals surface area contributed by atoms with Gasteiger partial charge in [0.2, 0.25) is 11.8 Å². The first-order chi connectivity index (χ1) is 12.3. The molecule has 0 atom stereocenters. The lowest BCUT2D eigenvalue weighted by molar-refractivity contribution is -0.139. The number of hydrogen-bond donors (Lipinski definition) is 0. The second-order valence-corrected chi connectivity index (χ2v) is 9.48. The molecule has 4 nitrogen and oxygen atoms in total. The lowest BCUT2D eigenvalue weighted by Gasteiger charge is -2.28. The van der Waals surface area contributed by atoms with Crippen molar-refractivity contribution in [3.8, 4) is 0 Å². The molecule has 0 bridgehead atoms. The third-order valence-corrected chi connectivity index (χ3v) is 6.31. The predicted octanol–water partition coefficient (Wildman–Crippen LogP) is 3.37. The van der Waals surface area contributed by atoms with Gasteiger partial charge in [-0.2, -0.15) is 0 Å². The summed E-state index contributed by atoms with van der Waals surface area (Å²) in [6.45, 7) is 8.64. The minimum Gasteiger partial charge on any atom is -0.341 e. The molecule has 0 saturated carbocycles. The van der Waals surface area contributed by atoms with E-state index < -0.39 is 0 Å². The van der Waals surface area contributed by atoms with Crippen LogP contribution in [0.15, 0.2) is 23.1 Å². The minimum atomic E-state index is -0.361. The van der Waals surface area contributed by atoms with Crippen LogP contribution in [0.1, 0.15) is 44.7 Å². The molecule has 1 saturated heterocycles. The molecule has 142 valence electrons. The first kappa shape index (κ1) is 19.3. The summed E-state index contributed by atoms with van der Waals surface area (Å²) in [5.41, 5.74) is 2.15. The van der Waals surface area contributed by atoms with E-state index in [-0.39, 0.29) is 17.2 Å². The molecule has 26 heavy (non-hydrogen) atoms. The summed E-state index contributed by atoms with van der Waals surface area (Å²) >= 11 is 1.92. The van der Waals surface area contributed by atoms with E-state index in [2.05, 4.69) is 18.2 Å². The number of aryl methyl sites for hydroxylation is 1. The summed E-state index contributed by atoms with van der Waals surface area (Å²) in [5.74, 6) is 1.56. The Morgan fingerprint density at radius 1 is 1.04 bits per heavy atom. The molecule has 0 unspecified atom stereocenters. The van der Waals surface area contributed by atoms with Gasteiger partial charge in [0.05, 0.1) is 6.42 Å². The lowest BCUT2D eigenvalue weighted by atomic mass is 9.94. The largest absolute Gasteiger partial charge is 0.341 e. The first-order valence-electron chi connectivity index (χ1n) is 9.66. The maximum Gasteiger partial charge on any atom is 0.228 e. The first-order valence-corrected chi connectivity index (χ1v) is 10.6. The van der Waals surface area contributed by atoms with Crippen molar-refractivity contribution in [3.05, 3.63) is 29.3 Å².